The largest absolute Gasteiger partial charge is 0.383 e. The van der Waals surface area contributed by atoms with Crippen molar-refractivity contribution in [2.24, 2.45) is 23.2 Å². The minimum atomic E-state index is -0.130. The Morgan fingerprint density at radius 2 is 1.63 bits per heavy atom. The molecule has 5 rings (SSSR count). The van der Waals surface area contributed by atoms with Gasteiger partial charge in [-0.15, -0.1) is 0 Å². The molecule has 5 heteroatoms. The highest BCUT2D eigenvalue weighted by Gasteiger charge is 2.54. The lowest BCUT2D eigenvalue weighted by molar-refractivity contribution is -0.140. The number of hydrogen-bond acceptors (Lipinski definition) is 3. The number of rotatable bonds is 7. The third-order valence-corrected chi connectivity index (χ3v) is 6.72. The van der Waals surface area contributed by atoms with Crippen molar-refractivity contribution in [3.63, 3.8) is 0 Å². The van der Waals surface area contributed by atoms with Gasteiger partial charge in [-0.2, -0.15) is 0 Å². The van der Waals surface area contributed by atoms with E-state index in [0.717, 1.165) is 48.3 Å². The minimum Gasteiger partial charge on any atom is -0.383 e. The van der Waals surface area contributed by atoms with Gasteiger partial charge in [0.25, 0.3) is 0 Å². The lowest BCUT2D eigenvalue weighted by atomic mass is 9.49. The van der Waals surface area contributed by atoms with E-state index in [0.29, 0.717) is 19.6 Å². The van der Waals surface area contributed by atoms with Crippen LogP contribution in [0.1, 0.15) is 44.1 Å². The Balaban J connectivity index is 1.33. The second-order valence-corrected chi connectivity index (χ2v) is 8.87. The molecule has 4 aliphatic carbocycles. The molecule has 0 spiro atoms. The Labute approximate surface area is 161 Å². The average Bonchev–Trinajstić information content (AvgIpc) is 2.62. The van der Waals surface area contributed by atoms with Crippen LogP contribution in [0.4, 0.5) is 5.69 Å². The molecule has 4 bridgehead atoms. The Morgan fingerprint density at radius 3 is 2.19 bits per heavy atom. The molecule has 5 nitrogen and oxygen atoms in total. The zero-order valence-corrected chi connectivity index (χ0v) is 16.1. The molecule has 1 aromatic carbocycles. The highest BCUT2D eigenvalue weighted by atomic mass is 16.5. The standard InChI is InChI=1S/C22H30N2O3/c1-27-7-6-23-20(25)11-15-2-4-19(5-3-15)24-21(26)22-12-16-8-17(13-22)10-18(9-16)14-22/h2-5,16-18H,6-14H2,1H3,(H,23,25)(H,24,26). The van der Waals surface area contributed by atoms with Crippen LogP contribution in [-0.4, -0.2) is 32.1 Å². The van der Waals surface area contributed by atoms with E-state index in [4.69, 9.17) is 4.74 Å². The van der Waals surface area contributed by atoms with Gasteiger partial charge >= 0.3 is 0 Å². The van der Waals surface area contributed by atoms with Gasteiger partial charge in [0.15, 0.2) is 0 Å². The maximum absolute atomic E-state index is 13.1. The normalized spacial score (nSPS) is 30.9. The zero-order valence-electron chi connectivity index (χ0n) is 16.1. The molecule has 4 saturated carbocycles. The Morgan fingerprint density at radius 1 is 1.04 bits per heavy atom. The first-order chi connectivity index (χ1) is 13.1. The van der Waals surface area contributed by atoms with Crippen molar-refractivity contribution in [3.8, 4) is 0 Å². The van der Waals surface area contributed by atoms with Gasteiger partial charge < -0.3 is 15.4 Å². The molecule has 27 heavy (non-hydrogen) atoms. The van der Waals surface area contributed by atoms with Crippen molar-refractivity contribution in [1.82, 2.24) is 5.32 Å². The fourth-order valence-electron chi connectivity index (χ4n) is 5.90. The molecule has 2 amide bonds. The van der Waals surface area contributed by atoms with Crippen molar-refractivity contribution in [2.45, 2.75) is 44.9 Å². The molecule has 0 atom stereocenters. The number of carbonyl (C=O) groups is 2. The number of ether oxygens (including phenoxy) is 1. The van der Waals surface area contributed by atoms with Gasteiger partial charge in [0, 0.05) is 19.3 Å². The number of methoxy groups -OCH3 is 1. The van der Waals surface area contributed by atoms with Crippen LogP contribution in [0.5, 0.6) is 0 Å². The number of nitrogens with one attached hydrogen (secondary N) is 2. The van der Waals surface area contributed by atoms with Crippen LogP contribution in [-0.2, 0) is 20.7 Å². The predicted octanol–water partition coefficient (Wildman–Crippen LogP) is 3.15. The van der Waals surface area contributed by atoms with Crippen molar-refractivity contribution in [3.05, 3.63) is 29.8 Å². The van der Waals surface area contributed by atoms with Crippen molar-refractivity contribution in [2.75, 3.05) is 25.6 Å². The second kappa shape index (κ2) is 7.63. The van der Waals surface area contributed by atoms with Crippen LogP contribution < -0.4 is 10.6 Å². The summed E-state index contributed by atoms with van der Waals surface area (Å²) in [4.78, 5) is 25.0. The van der Waals surface area contributed by atoms with Gasteiger partial charge in [0.1, 0.15) is 0 Å². The summed E-state index contributed by atoms with van der Waals surface area (Å²) < 4.78 is 4.93. The van der Waals surface area contributed by atoms with E-state index in [2.05, 4.69) is 10.6 Å². The van der Waals surface area contributed by atoms with Crippen molar-refractivity contribution < 1.29 is 14.3 Å². The molecule has 0 aliphatic heterocycles. The molecule has 146 valence electrons. The molecule has 0 unspecified atom stereocenters. The zero-order chi connectivity index (χ0) is 18.9. The van der Waals surface area contributed by atoms with E-state index < -0.39 is 0 Å². The van der Waals surface area contributed by atoms with Gasteiger partial charge in [-0.05, 0) is 74.0 Å². The fourth-order valence-corrected chi connectivity index (χ4v) is 5.90. The lowest BCUT2D eigenvalue weighted by Gasteiger charge is -2.55. The van der Waals surface area contributed by atoms with Crippen LogP contribution in [0.3, 0.4) is 0 Å². The maximum atomic E-state index is 13.1. The fraction of sp³-hybridized carbons (Fsp3) is 0.636. The van der Waals surface area contributed by atoms with E-state index in [1.807, 2.05) is 24.3 Å². The summed E-state index contributed by atoms with van der Waals surface area (Å²) >= 11 is 0. The summed E-state index contributed by atoms with van der Waals surface area (Å²) in [6, 6.07) is 7.67. The van der Waals surface area contributed by atoms with E-state index in [9.17, 15) is 9.59 Å². The summed E-state index contributed by atoms with van der Waals surface area (Å²) in [5, 5.41) is 5.98. The van der Waals surface area contributed by atoms with E-state index in [1.165, 1.54) is 19.3 Å². The highest BCUT2D eigenvalue weighted by Crippen LogP contribution is 2.60. The molecule has 4 aliphatic rings. The molecule has 2 N–H and O–H groups in total. The smallest absolute Gasteiger partial charge is 0.230 e. The topological polar surface area (TPSA) is 67.4 Å². The van der Waals surface area contributed by atoms with E-state index >= 15 is 0 Å². The first-order valence-electron chi connectivity index (χ1n) is 10.2. The van der Waals surface area contributed by atoms with Gasteiger partial charge in [-0.25, -0.2) is 0 Å². The number of hydrogen-bond donors (Lipinski definition) is 2. The number of carbonyl (C=O) groups excluding carboxylic acids is 2. The summed E-state index contributed by atoms with van der Waals surface area (Å²) in [6.07, 6.45) is 7.58. The number of benzene rings is 1. The van der Waals surface area contributed by atoms with E-state index in [-0.39, 0.29) is 17.2 Å². The Hall–Kier alpha value is -1.88. The first-order valence-corrected chi connectivity index (χ1v) is 10.2. The Bertz CT molecular complexity index is 663. The third kappa shape index (κ3) is 4.03. The van der Waals surface area contributed by atoms with Crippen LogP contribution in [0.2, 0.25) is 0 Å². The summed E-state index contributed by atoms with van der Waals surface area (Å²) in [5.41, 5.74) is 1.64. The van der Waals surface area contributed by atoms with Crippen LogP contribution in [0.25, 0.3) is 0 Å². The second-order valence-electron chi connectivity index (χ2n) is 8.87. The van der Waals surface area contributed by atoms with Crippen LogP contribution in [0.15, 0.2) is 24.3 Å². The van der Waals surface area contributed by atoms with Crippen molar-refractivity contribution in [1.29, 1.82) is 0 Å². The summed E-state index contributed by atoms with van der Waals surface area (Å²) in [6.45, 7) is 1.04. The first kappa shape index (κ1) is 18.5. The molecule has 4 fully saturated rings. The predicted molar refractivity (Wildman–Crippen MR) is 104 cm³/mol. The number of anilines is 1. The SMILES string of the molecule is COCCNC(=O)Cc1ccc(NC(=O)C23CC4CC(CC(C4)C2)C3)cc1. The molecule has 1 aromatic rings. The van der Waals surface area contributed by atoms with Crippen LogP contribution in [0, 0.1) is 23.2 Å². The third-order valence-electron chi connectivity index (χ3n) is 6.72. The maximum Gasteiger partial charge on any atom is 0.230 e. The van der Waals surface area contributed by atoms with Gasteiger partial charge in [0.2, 0.25) is 11.8 Å². The molecule has 0 aromatic heterocycles. The molecular formula is C22H30N2O3. The quantitative estimate of drug-likeness (QED) is 0.725. The van der Waals surface area contributed by atoms with E-state index in [1.54, 1.807) is 7.11 Å². The highest BCUT2D eigenvalue weighted by molar-refractivity contribution is 5.95. The molecular weight excluding hydrogens is 340 g/mol. The van der Waals surface area contributed by atoms with Gasteiger partial charge in [-0.3, -0.25) is 9.59 Å². The molecule has 0 radical (unpaired) electrons. The van der Waals surface area contributed by atoms with Gasteiger partial charge in [0.05, 0.1) is 18.4 Å². The van der Waals surface area contributed by atoms with Crippen molar-refractivity contribution >= 4 is 17.5 Å². The van der Waals surface area contributed by atoms with Crippen LogP contribution >= 0.6 is 0 Å². The number of amides is 2. The summed E-state index contributed by atoms with van der Waals surface area (Å²) in [7, 11) is 1.61. The van der Waals surface area contributed by atoms with Gasteiger partial charge in [-0.1, -0.05) is 12.1 Å². The monoisotopic (exact) mass is 370 g/mol. The summed E-state index contributed by atoms with van der Waals surface area (Å²) in [5.74, 6) is 2.49. The molecule has 0 saturated heterocycles. The average molecular weight is 370 g/mol. The Kier molecular flexibility index (Phi) is 5.22. The lowest BCUT2D eigenvalue weighted by Crippen LogP contribution is -2.51. The minimum absolute atomic E-state index is 0.0163. The molecule has 0 heterocycles.